The summed E-state index contributed by atoms with van der Waals surface area (Å²) in [6, 6.07) is 8.11. The van der Waals surface area contributed by atoms with Crippen molar-refractivity contribution < 1.29 is 9.53 Å². The number of nitrogens with zero attached hydrogens (tertiary/aromatic N) is 2. The van der Waals surface area contributed by atoms with E-state index in [0.29, 0.717) is 5.91 Å². The number of carbonyl (C=O) groups is 1. The van der Waals surface area contributed by atoms with Gasteiger partial charge in [0.05, 0.1) is 7.11 Å². The molecule has 116 valence electrons. The fourth-order valence-corrected chi connectivity index (χ4v) is 2.86. The number of carbonyl (C=O) groups excluding carboxylic acids is 1. The molecule has 1 aliphatic heterocycles. The second-order valence-electron chi connectivity index (χ2n) is 5.70. The van der Waals surface area contributed by atoms with Gasteiger partial charge in [-0.3, -0.25) is 4.79 Å². The molecule has 1 aliphatic rings. The number of ether oxygens (including phenoxy) is 1. The van der Waals surface area contributed by atoms with Gasteiger partial charge in [0.2, 0.25) is 5.91 Å². The van der Waals surface area contributed by atoms with Crippen LogP contribution in [-0.4, -0.2) is 44.1 Å². The van der Waals surface area contributed by atoms with Crippen LogP contribution in [0.4, 0.5) is 5.69 Å². The molecule has 0 radical (unpaired) electrons. The second-order valence-corrected chi connectivity index (χ2v) is 5.70. The molecule has 0 saturated carbocycles. The normalized spacial score (nSPS) is 16.7. The summed E-state index contributed by atoms with van der Waals surface area (Å²) >= 11 is 0. The molecule has 0 bridgehead atoms. The number of amides is 1. The van der Waals surface area contributed by atoms with Crippen LogP contribution in [0.3, 0.4) is 0 Å². The molecule has 1 amide bonds. The molecule has 4 nitrogen and oxygen atoms in total. The van der Waals surface area contributed by atoms with Gasteiger partial charge >= 0.3 is 0 Å². The van der Waals surface area contributed by atoms with Gasteiger partial charge in [-0.05, 0) is 18.6 Å². The third kappa shape index (κ3) is 3.90. The maximum Gasteiger partial charge on any atom is 0.225 e. The number of hydrogen-bond acceptors (Lipinski definition) is 3. The van der Waals surface area contributed by atoms with Gasteiger partial charge in [-0.1, -0.05) is 26.3 Å². The topological polar surface area (TPSA) is 32.8 Å². The van der Waals surface area contributed by atoms with Crippen molar-refractivity contribution >= 4 is 11.6 Å². The minimum absolute atomic E-state index is 0.151. The first-order valence-corrected chi connectivity index (χ1v) is 7.83. The minimum atomic E-state index is 0.151. The molecule has 1 saturated heterocycles. The van der Waals surface area contributed by atoms with Crippen LogP contribution in [0.25, 0.3) is 0 Å². The first-order chi connectivity index (χ1) is 10.2. The molecule has 21 heavy (non-hydrogen) atoms. The number of piperazine rings is 1. The van der Waals surface area contributed by atoms with Crippen LogP contribution in [0.2, 0.25) is 0 Å². The number of methoxy groups -OCH3 is 1. The summed E-state index contributed by atoms with van der Waals surface area (Å²) in [6.45, 7) is 7.56. The maximum atomic E-state index is 12.3. The number of anilines is 1. The predicted octanol–water partition coefficient (Wildman–Crippen LogP) is 2.78. The van der Waals surface area contributed by atoms with Crippen molar-refractivity contribution in [3.63, 3.8) is 0 Å². The molecule has 1 fully saturated rings. The maximum absolute atomic E-state index is 12.3. The fraction of sp³-hybridized carbons (Fsp3) is 0.588. The van der Waals surface area contributed by atoms with E-state index in [9.17, 15) is 4.79 Å². The zero-order valence-electron chi connectivity index (χ0n) is 13.3. The molecule has 0 aromatic heterocycles. The molecule has 0 spiro atoms. The summed E-state index contributed by atoms with van der Waals surface area (Å²) in [6.07, 6.45) is 2.05. The van der Waals surface area contributed by atoms with Gasteiger partial charge in [-0.25, -0.2) is 0 Å². The molecule has 1 aromatic rings. The fourth-order valence-electron chi connectivity index (χ4n) is 2.86. The Labute approximate surface area is 127 Å². The SMILES string of the molecule is CCCC(C)C(=O)N1CCN(c2cccc(OC)c2)CC1. The Hall–Kier alpha value is -1.71. The van der Waals surface area contributed by atoms with Crippen LogP contribution in [0.1, 0.15) is 26.7 Å². The summed E-state index contributed by atoms with van der Waals surface area (Å²) in [5, 5.41) is 0. The molecule has 1 unspecified atom stereocenters. The third-order valence-electron chi connectivity index (χ3n) is 4.15. The molecule has 1 atom stereocenters. The van der Waals surface area contributed by atoms with Gasteiger partial charge in [0.15, 0.2) is 0 Å². The Bertz CT molecular complexity index is 468. The summed E-state index contributed by atoms with van der Waals surface area (Å²) < 4.78 is 5.27. The van der Waals surface area contributed by atoms with E-state index in [-0.39, 0.29) is 5.92 Å². The van der Waals surface area contributed by atoms with Crippen molar-refractivity contribution in [3.05, 3.63) is 24.3 Å². The van der Waals surface area contributed by atoms with Crippen molar-refractivity contribution in [2.75, 3.05) is 38.2 Å². The lowest BCUT2D eigenvalue weighted by atomic mass is 10.0. The lowest BCUT2D eigenvalue weighted by molar-refractivity contribution is -0.135. The van der Waals surface area contributed by atoms with E-state index in [1.165, 1.54) is 5.69 Å². The van der Waals surface area contributed by atoms with Gasteiger partial charge in [0.25, 0.3) is 0 Å². The van der Waals surface area contributed by atoms with E-state index in [2.05, 4.69) is 24.0 Å². The van der Waals surface area contributed by atoms with Gasteiger partial charge < -0.3 is 14.5 Å². The van der Waals surface area contributed by atoms with Gasteiger partial charge in [0.1, 0.15) is 5.75 Å². The molecule has 1 aromatic carbocycles. The molecule has 4 heteroatoms. The summed E-state index contributed by atoms with van der Waals surface area (Å²) in [5.74, 6) is 1.34. The van der Waals surface area contributed by atoms with Crippen LogP contribution in [-0.2, 0) is 4.79 Å². The van der Waals surface area contributed by atoms with E-state index in [0.717, 1.165) is 44.8 Å². The minimum Gasteiger partial charge on any atom is -0.497 e. The highest BCUT2D eigenvalue weighted by atomic mass is 16.5. The highest BCUT2D eigenvalue weighted by molar-refractivity contribution is 5.78. The Morgan fingerprint density at radius 3 is 2.62 bits per heavy atom. The molecule has 2 rings (SSSR count). The van der Waals surface area contributed by atoms with Crippen LogP contribution in [0, 0.1) is 5.92 Å². The van der Waals surface area contributed by atoms with Gasteiger partial charge in [-0.2, -0.15) is 0 Å². The zero-order chi connectivity index (χ0) is 15.2. The zero-order valence-corrected chi connectivity index (χ0v) is 13.3. The monoisotopic (exact) mass is 290 g/mol. The van der Waals surface area contributed by atoms with Crippen molar-refractivity contribution in [3.8, 4) is 5.75 Å². The van der Waals surface area contributed by atoms with Crippen molar-refractivity contribution in [2.45, 2.75) is 26.7 Å². The first-order valence-electron chi connectivity index (χ1n) is 7.83. The van der Waals surface area contributed by atoms with E-state index in [1.807, 2.05) is 24.0 Å². The average Bonchev–Trinajstić information content (AvgIpc) is 2.54. The molecule has 0 N–H and O–H groups in total. The van der Waals surface area contributed by atoms with Crippen LogP contribution in [0.5, 0.6) is 5.75 Å². The molecule has 0 aliphatic carbocycles. The van der Waals surface area contributed by atoms with Crippen molar-refractivity contribution in [1.82, 2.24) is 4.90 Å². The summed E-state index contributed by atoms with van der Waals surface area (Å²) in [5.41, 5.74) is 1.17. The third-order valence-corrected chi connectivity index (χ3v) is 4.15. The number of rotatable bonds is 5. The molecular weight excluding hydrogens is 264 g/mol. The van der Waals surface area contributed by atoms with Crippen LogP contribution in [0.15, 0.2) is 24.3 Å². The van der Waals surface area contributed by atoms with Crippen molar-refractivity contribution in [2.24, 2.45) is 5.92 Å². The largest absolute Gasteiger partial charge is 0.497 e. The van der Waals surface area contributed by atoms with Crippen LogP contribution >= 0.6 is 0 Å². The smallest absolute Gasteiger partial charge is 0.225 e. The summed E-state index contributed by atoms with van der Waals surface area (Å²) in [4.78, 5) is 16.6. The van der Waals surface area contributed by atoms with Crippen LogP contribution < -0.4 is 9.64 Å². The number of hydrogen-bond donors (Lipinski definition) is 0. The first kappa shape index (κ1) is 15.7. The van der Waals surface area contributed by atoms with E-state index in [4.69, 9.17) is 4.74 Å². The molecular formula is C17H26N2O2. The predicted molar refractivity (Wildman–Crippen MR) is 85.9 cm³/mol. The second kappa shape index (κ2) is 7.34. The van der Waals surface area contributed by atoms with E-state index in [1.54, 1.807) is 7.11 Å². The highest BCUT2D eigenvalue weighted by Gasteiger charge is 2.24. The quantitative estimate of drug-likeness (QED) is 0.836. The standard InChI is InChI=1S/C17H26N2O2/c1-4-6-14(2)17(20)19-11-9-18(10-12-19)15-7-5-8-16(13-15)21-3/h5,7-8,13-14H,4,6,9-12H2,1-3H3. The Morgan fingerprint density at radius 2 is 2.00 bits per heavy atom. The lowest BCUT2D eigenvalue weighted by Crippen LogP contribution is -2.50. The van der Waals surface area contributed by atoms with Gasteiger partial charge in [-0.15, -0.1) is 0 Å². The Morgan fingerprint density at radius 1 is 1.29 bits per heavy atom. The highest BCUT2D eigenvalue weighted by Crippen LogP contribution is 2.22. The Kier molecular flexibility index (Phi) is 5.48. The average molecular weight is 290 g/mol. The molecule has 1 heterocycles. The lowest BCUT2D eigenvalue weighted by Gasteiger charge is -2.37. The summed E-state index contributed by atoms with van der Waals surface area (Å²) in [7, 11) is 1.69. The number of benzene rings is 1. The van der Waals surface area contributed by atoms with Crippen molar-refractivity contribution in [1.29, 1.82) is 0 Å². The van der Waals surface area contributed by atoms with E-state index < -0.39 is 0 Å². The Balaban J connectivity index is 1.92. The van der Waals surface area contributed by atoms with Gasteiger partial charge in [0, 0.05) is 43.9 Å². The van der Waals surface area contributed by atoms with E-state index >= 15 is 0 Å².